The Hall–Kier alpha value is -2.94. The molecule has 0 aliphatic heterocycles. The maximum Gasteiger partial charge on any atom is 0.127 e. The van der Waals surface area contributed by atoms with E-state index >= 15 is 0 Å². The van der Waals surface area contributed by atoms with E-state index in [9.17, 15) is 5.11 Å². The van der Waals surface area contributed by atoms with Gasteiger partial charge >= 0.3 is 0 Å². The van der Waals surface area contributed by atoms with Crippen molar-refractivity contribution in [3.63, 3.8) is 0 Å². The second-order valence-corrected chi connectivity index (χ2v) is 7.96. The molecule has 0 saturated carbocycles. The first kappa shape index (κ1) is 19.4. The average Bonchev–Trinajstić information content (AvgIpc) is 2.76. The van der Waals surface area contributed by atoms with Gasteiger partial charge in [-0.3, -0.25) is 0 Å². The van der Waals surface area contributed by atoms with Crippen molar-refractivity contribution in [3.05, 3.63) is 66.6 Å². The fraction of sp³-hybridized carbons (Fsp3) is 0.308. The molecule has 148 valence electrons. The van der Waals surface area contributed by atoms with Crippen molar-refractivity contribution in [3.8, 4) is 16.9 Å². The Morgan fingerprint density at radius 2 is 1.83 bits per heavy atom. The summed E-state index contributed by atoms with van der Waals surface area (Å²) in [4.78, 5) is 8.50. The summed E-state index contributed by atoms with van der Waals surface area (Å²) >= 11 is 0. The SMILES string of the molecule is CCCCCCC(C)c1cc2ccccc2c(-c2ccc3cncnc3c2)c1O. The molecule has 1 aromatic heterocycles. The molecule has 1 atom stereocenters. The molecule has 0 spiro atoms. The number of unbranched alkanes of at least 4 members (excludes halogenated alkanes) is 3. The van der Waals surface area contributed by atoms with E-state index in [0.717, 1.165) is 39.4 Å². The topological polar surface area (TPSA) is 46.0 Å². The molecule has 0 bridgehead atoms. The molecule has 29 heavy (non-hydrogen) atoms. The van der Waals surface area contributed by atoms with Crippen LogP contribution in [0.15, 0.2) is 61.1 Å². The van der Waals surface area contributed by atoms with Crippen LogP contribution >= 0.6 is 0 Å². The summed E-state index contributed by atoms with van der Waals surface area (Å²) in [5.41, 5.74) is 3.82. The third-order valence-electron chi connectivity index (χ3n) is 5.87. The number of nitrogens with zero attached hydrogens (tertiary/aromatic N) is 2. The molecule has 0 aliphatic carbocycles. The zero-order valence-corrected chi connectivity index (χ0v) is 17.2. The largest absolute Gasteiger partial charge is 0.507 e. The first-order valence-corrected chi connectivity index (χ1v) is 10.6. The van der Waals surface area contributed by atoms with Crippen LogP contribution in [0.25, 0.3) is 32.8 Å². The van der Waals surface area contributed by atoms with E-state index in [-0.39, 0.29) is 0 Å². The fourth-order valence-corrected chi connectivity index (χ4v) is 4.19. The third-order valence-corrected chi connectivity index (χ3v) is 5.87. The number of phenolic OH excluding ortho intramolecular Hbond substituents is 1. The van der Waals surface area contributed by atoms with Gasteiger partial charge in [0.05, 0.1) is 5.52 Å². The zero-order valence-electron chi connectivity index (χ0n) is 17.2. The lowest BCUT2D eigenvalue weighted by atomic mass is 9.87. The van der Waals surface area contributed by atoms with Crippen molar-refractivity contribution in [1.82, 2.24) is 9.97 Å². The van der Waals surface area contributed by atoms with Crippen LogP contribution in [0.5, 0.6) is 5.75 Å². The number of fused-ring (bicyclic) bond motifs is 2. The molecule has 0 aliphatic rings. The van der Waals surface area contributed by atoms with E-state index < -0.39 is 0 Å². The number of aromatic nitrogens is 2. The molecule has 4 rings (SSSR count). The van der Waals surface area contributed by atoms with Crippen molar-refractivity contribution < 1.29 is 5.11 Å². The standard InChI is InChI=1S/C26H28N2O/c1-3-4-5-6-9-18(2)23-14-19-10-7-8-11-22(19)25(26(23)29)20-12-13-21-16-27-17-28-24(21)15-20/h7-8,10-18,29H,3-6,9H2,1-2H3. The highest BCUT2D eigenvalue weighted by Gasteiger charge is 2.18. The van der Waals surface area contributed by atoms with Crippen LogP contribution in [0.2, 0.25) is 0 Å². The van der Waals surface area contributed by atoms with Crippen molar-refractivity contribution in [2.45, 2.75) is 51.9 Å². The summed E-state index contributed by atoms with van der Waals surface area (Å²) in [6.45, 7) is 4.46. The Labute approximate surface area is 172 Å². The molecular weight excluding hydrogens is 356 g/mol. The maximum atomic E-state index is 11.4. The molecule has 3 heteroatoms. The molecule has 3 aromatic carbocycles. The lowest BCUT2D eigenvalue weighted by molar-refractivity contribution is 0.460. The number of hydrogen-bond acceptors (Lipinski definition) is 3. The van der Waals surface area contributed by atoms with Crippen LogP contribution < -0.4 is 0 Å². The van der Waals surface area contributed by atoms with Gasteiger partial charge < -0.3 is 5.11 Å². The summed E-state index contributed by atoms with van der Waals surface area (Å²) in [6, 6.07) is 16.6. The molecule has 0 fully saturated rings. The van der Waals surface area contributed by atoms with Crippen molar-refractivity contribution in [1.29, 1.82) is 0 Å². The van der Waals surface area contributed by atoms with Crippen LogP contribution in [0.4, 0.5) is 0 Å². The number of rotatable bonds is 7. The van der Waals surface area contributed by atoms with Gasteiger partial charge in [0.25, 0.3) is 0 Å². The van der Waals surface area contributed by atoms with Gasteiger partial charge in [-0.1, -0.05) is 75.9 Å². The van der Waals surface area contributed by atoms with Gasteiger partial charge in [0.2, 0.25) is 0 Å². The van der Waals surface area contributed by atoms with Crippen molar-refractivity contribution in [2.24, 2.45) is 0 Å². The molecule has 1 N–H and O–H groups in total. The Balaban J connectivity index is 1.82. The monoisotopic (exact) mass is 384 g/mol. The first-order chi connectivity index (χ1) is 14.2. The molecule has 0 saturated heterocycles. The Morgan fingerprint density at radius 1 is 0.966 bits per heavy atom. The Morgan fingerprint density at radius 3 is 2.69 bits per heavy atom. The van der Waals surface area contributed by atoms with Gasteiger partial charge in [-0.25, -0.2) is 9.97 Å². The van der Waals surface area contributed by atoms with Crippen LogP contribution in [-0.2, 0) is 0 Å². The zero-order chi connectivity index (χ0) is 20.2. The van der Waals surface area contributed by atoms with Crippen LogP contribution in [0.3, 0.4) is 0 Å². The van der Waals surface area contributed by atoms with E-state index in [2.05, 4.69) is 54.1 Å². The highest BCUT2D eigenvalue weighted by molar-refractivity contribution is 6.02. The number of aromatic hydroxyl groups is 1. The number of phenols is 1. The predicted octanol–water partition coefficient (Wildman–Crippen LogP) is 7.23. The van der Waals surface area contributed by atoms with Gasteiger partial charge in [0.15, 0.2) is 0 Å². The highest BCUT2D eigenvalue weighted by Crippen LogP contribution is 2.43. The highest BCUT2D eigenvalue weighted by atomic mass is 16.3. The van der Waals surface area contributed by atoms with E-state index in [1.807, 2.05) is 24.4 Å². The summed E-state index contributed by atoms with van der Waals surface area (Å²) in [7, 11) is 0. The van der Waals surface area contributed by atoms with Crippen molar-refractivity contribution >= 4 is 21.7 Å². The van der Waals surface area contributed by atoms with Crippen molar-refractivity contribution in [2.75, 3.05) is 0 Å². The summed E-state index contributed by atoms with van der Waals surface area (Å²) in [5.74, 6) is 0.720. The van der Waals surface area contributed by atoms with E-state index in [4.69, 9.17) is 0 Å². The quantitative estimate of drug-likeness (QED) is 0.342. The molecule has 1 unspecified atom stereocenters. The van der Waals surface area contributed by atoms with Gasteiger partial charge in [0.1, 0.15) is 12.1 Å². The molecule has 0 radical (unpaired) electrons. The molecule has 1 heterocycles. The Kier molecular flexibility index (Phi) is 5.75. The molecule has 3 nitrogen and oxygen atoms in total. The first-order valence-electron chi connectivity index (χ1n) is 10.6. The molecule has 0 amide bonds. The lowest BCUT2D eigenvalue weighted by Crippen LogP contribution is -1.97. The van der Waals surface area contributed by atoms with Gasteiger partial charge in [-0.15, -0.1) is 0 Å². The minimum atomic E-state index is 0.318. The predicted molar refractivity (Wildman–Crippen MR) is 121 cm³/mol. The van der Waals surface area contributed by atoms with E-state index in [1.165, 1.54) is 31.1 Å². The summed E-state index contributed by atoms with van der Waals surface area (Å²) < 4.78 is 0. The summed E-state index contributed by atoms with van der Waals surface area (Å²) in [6.07, 6.45) is 9.45. The minimum Gasteiger partial charge on any atom is -0.507 e. The van der Waals surface area contributed by atoms with Gasteiger partial charge in [-0.2, -0.15) is 0 Å². The van der Waals surface area contributed by atoms with Gasteiger partial charge in [-0.05, 0) is 46.4 Å². The summed E-state index contributed by atoms with van der Waals surface area (Å²) in [5, 5.41) is 14.6. The Bertz CT molecular complexity index is 1140. The third kappa shape index (κ3) is 3.95. The normalized spacial score (nSPS) is 12.5. The molecular formula is C26H28N2O. The minimum absolute atomic E-state index is 0.318. The van der Waals surface area contributed by atoms with Crippen LogP contribution in [0, 0.1) is 0 Å². The lowest BCUT2D eigenvalue weighted by Gasteiger charge is -2.19. The molecule has 4 aromatic rings. The average molecular weight is 385 g/mol. The fourth-order valence-electron chi connectivity index (χ4n) is 4.19. The second-order valence-electron chi connectivity index (χ2n) is 7.96. The second kappa shape index (κ2) is 8.60. The smallest absolute Gasteiger partial charge is 0.127 e. The maximum absolute atomic E-state index is 11.4. The number of hydrogen-bond donors (Lipinski definition) is 1. The van der Waals surface area contributed by atoms with Gasteiger partial charge in [0, 0.05) is 17.1 Å². The van der Waals surface area contributed by atoms with E-state index in [0.29, 0.717) is 11.7 Å². The van der Waals surface area contributed by atoms with E-state index in [1.54, 1.807) is 6.33 Å². The van der Waals surface area contributed by atoms with Crippen LogP contribution in [-0.4, -0.2) is 15.1 Å². The van der Waals surface area contributed by atoms with Crippen LogP contribution in [0.1, 0.15) is 57.4 Å². The number of benzene rings is 3.